The number of piperidine rings is 1. The average molecular weight is 346 g/mol. The van der Waals surface area contributed by atoms with Crippen molar-refractivity contribution < 1.29 is 19.0 Å². The molecule has 0 aliphatic carbocycles. The highest BCUT2D eigenvalue weighted by Crippen LogP contribution is 2.25. The van der Waals surface area contributed by atoms with Crippen LogP contribution in [0.5, 0.6) is 5.75 Å². The number of hydrogen-bond acceptors (Lipinski definition) is 3. The van der Waals surface area contributed by atoms with Crippen LogP contribution in [0.3, 0.4) is 0 Å². The van der Waals surface area contributed by atoms with Crippen LogP contribution in [0.25, 0.3) is 0 Å². The number of carbonyl (C=O) groups is 1. The number of nitrogens with zero attached hydrogens (tertiary/aromatic N) is 1. The number of amides is 1. The first-order valence-corrected chi connectivity index (χ1v) is 7.30. The molecule has 6 heteroatoms. The van der Waals surface area contributed by atoms with E-state index in [1.807, 2.05) is 6.92 Å². The Morgan fingerprint density at radius 2 is 2.35 bits per heavy atom. The Bertz CT molecular complexity index is 497. The van der Waals surface area contributed by atoms with Gasteiger partial charge in [0.25, 0.3) is 5.91 Å². The highest BCUT2D eigenvalue weighted by Gasteiger charge is 2.27. The molecule has 0 bridgehead atoms. The number of rotatable bonds is 3. The monoisotopic (exact) mass is 345 g/mol. The minimum Gasteiger partial charge on any atom is -0.483 e. The maximum Gasteiger partial charge on any atom is 0.260 e. The van der Waals surface area contributed by atoms with Crippen LogP contribution in [-0.4, -0.2) is 41.7 Å². The maximum absolute atomic E-state index is 12.9. The van der Waals surface area contributed by atoms with Gasteiger partial charge in [-0.2, -0.15) is 0 Å². The topological polar surface area (TPSA) is 49.8 Å². The van der Waals surface area contributed by atoms with Crippen LogP contribution in [0, 0.1) is 11.7 Å². The van der Waals surface area contributed by atoms with Crippen molar-refractivity contribution in [1.82, 2.24) is 4.90 Å². The quantitative estimate of drug-likeness (QED) is 0.913. The molecule has 20 heavy (non-hydrogen) atoms. The summed E-state index contributed by atoms with van der Waals surface area (Å²) in [6, 6.07) is 4.05. The van der Waals surface area contributed by atoms with E-state index in [2.05, 4.69) is 15.9 Å². The van der Waals surface area contributed by atoms with Crippen LogP contribution in [0.15, 0.2) is 22.7 Å². The van der Waals surface area contributed by atoms with E-state index in [1.165, 1.54) is 18.2 Å². The number of likely N-dealkylation sites (tertiary alicyclic amines) is 1. The lowest BCUT2D eigenvalue weighted by Crippen LogP contribution is -2.46. The lowest BCUT2D eigenvalue weighted by molar-refractivity contribution is -0.136. The summed E-state index contributed by atoms with van der Waals surface area (Å²) in [5, 5.41) is 9.64. The standard InChI is InChI=1S/C14H17BrFNO3/c1-9-7-17(5-4-12(9)18)14(19)8-20-13-3-2-10(16)6-11(13)15/h2-3,6,9,12,18H,4-5,7-8H2,1H3. The lowest BCUT2D eigenvalue weighted by Gasteiger charge is -2.34. The third-order valence-electron chi connectivity index (χ3n) is 3.46. The van der Waals surface area contributed by atoms with Gasteiger partial charge in [0, 0.05) is 13.1 Å². The minimum absolute atomic E-state index is 0.0743. The van der Waals surface area contributed by atoms with Crippen molar-refractivity contribution in [2.75, 3.05) is 19.7 Å². The summed E-state index contributed by atoms with van der Waals surface area (Å²) in [5.74, 6) is 0.0180. The van der Waals surface area contributed by atoms with E-state index >= 15 is 0 Å². The number of halogens is 2. The zero-order chi connectivity index (χ0) is 14.7. The molecule has 2 unspecified atom stereocenters. The summed E-state index contributed by atoms with van der Waals surface area (Å²) in [5.41, 5.74) is 0. The first kappa shape index (κ1) is 15.3. The van der Waals surface area contributed by atoms with Crippen molar-refractivity contribution in [3.05, 3.63) is 28.5 Å². The zero-order valence-corrected chi connectivity index (χ0v) is 12.8. The summed E-state index contributed by atoms with van der Waals surface area (Å²) in [4.78, 5) is 13.7. The van der Waals surface area contributed by atoms with Crippen molar-refractivity contribution in [3.8, 4) is 5.75 Å². The minimum atomic E-state index is -0.366. The van der Waals surface area contributed by atoms with Gasteiger partial charge < -0.3 is 14.7 Å². The van der Waals surface area contributed by atoms with Gasteiger partial charge >= 0.3 is 0 Å². The second-order valence-corrected chi connectivity index (χ2v) is 5.89. The Hall–Kier alpha value is -1.14. The van der Waals surface area contributed by atoms with E-state index < -0.39 is 0 Å². The highest BCUT2D eigenvalue weighted by molar-refractivity contribution is 9.10. The third kappa shape index (κ3) is 3.70. The van der Waals surface area contributed by atoms with Crippen LogP contribution in [-0.2, 0) is 4.79 Å². The van der Waals surface area contributed by atoms with E-state index in [0.717, 1.165) is 0 Å². The van der Waals surface area contributed by atoms with Crippen LogP contribution in [0.4, 0.5) is 4.39 Å². The third-order valence-corrected chi connectivity index (χ3v) is 4.08. The van der Waals surface area contributed by atoms with Crippen LogP contribution in [0.1, 0.15) is 13.3 Å². The summed E-state index contributed by atoms with van der Waals surface area (Å²) in [7, 11) is 0. The van der Waals surface area contributed by atoms with E-state index in [0.29, 0.717) is 29.7 Å². The molecule has 110 valence electrons. The van der Waals surface area contributed by atoms with Crippen LogP contribution < -0.4 is 4.74 Å². The SMILES string of the molecule is CC1CN(C(=O)COc2ccc(F)cc2Br)CCC1O. The summed E-state index contributed by atoms with van der Waals surface area (Å²) in [6.45, 7) is 2.90. The highest BCUT2D eigenvalue weighted by atomic mass is 79.9. The van der Waals surface area contributed by atoms with E-state index in [-0.39, 0.29) is 30.4 Å². The molecule has 0 saturated carbocycles. The second-order valence-electron chi connectivity index (χ2n) is 5.04. The van der Waals surface area contributed by atoms with E-state index in [1.54, 1.807) is 4.90 Å². The maximum atomic E-state index is 12.9. The molecule has 1 aliphatic rings. The van der Waals surface area contributed by atoms with Gasteiger partial charge in [0.2, 0.25) is 0 Å². The Kier molecular flexibility index (Phi) is 4.99. The molecule has 2 atom stereocenters. The smallest absolute Gasteiger partial charge is 0.260 e. The molecular formula is C14H17BrFNO3. The molecular weight excluding hydrogens is 329 g/mol. The van der Waals surface area contributed by atoms with E-state index in [9.17, 15) is 14.3 Å². The van der Waals surface area contributed by atoms with Gasteiger partial charge in [0.15, 0.2) is 6.61 Å². The fourth-order valence-corrected chi connectivity index (χ4v) is 2.65. The first-order chi connectivity index (χ1) is 9.47. The zero-order valence-electron chi connectivity index (χ0n) is 11.2. The van der Waals surface area contributed by atoms with Gasteiger partial charge in [-0.3, -0.25) is 4.79 Å². The first-order valence-electron chi connectivity index (χ1n) is 6.51. The van der Waals surface area contributed by atoms with Gasteiger partial charge in [-0.1, -0.05) is 6.92 Å². The molecule has 0 radical (unpaired) electrons. The molecule has 1 fully saturated rings. The van der Waals surface area contributed by atoms with Gasteiger partial charge in [0.1, 0.15) is 11.6 Å². The second kappa shape index (κ2) is 6.54. The molecule has 1 amide bonds. The summed E-state index contributed by atoms with van der Waals surface area (Å²) in [6.07, 6.45) is 0.249. The number of benzene rings is 1. The van der Waals surface area contributed by atoms with Crippen molar-refractivity contribution >= 4 is 21.8 Å². The fourth-order valence-electron chi connectivity index (χ4n) is 2.18. The van der Waals surface area contributed by atoms with Crippen molar-refractivity contribution in [2.45, 2.75) is 19.4 Å². The number of carbonyl (C=O) groups excluding carboxylic acids is 1. The molecule has 4 nitrogen and oxygen atoms in total. The average Bonchev–Trinajstić information content (AvgIpc) is 2.40. The van der Waals surface area contributed by atoms with Crippen LogP contribution in [0.2, 0.25) is 0 Å². The Balaban J connectivity index is 1.89. The molecule has 0 spiro atoms. The molecule has 2 rings (SSSR count). The molecule has 1 N–H and O–H groups in total. The van der Waals surface area contributed by atoms with Gasteiger partial charge in [0.05, 0.1) is 10.6 Å². The van der Waals surface area contributed by atoms with Crippen LogP contribution >= 0.6 is 15.9 Å². The number of ether oxygens (including phenoxy) is 1. The van der Waals surface area contributed by atoms with Crippen molar-refractivity contribution in [2.24, 2.45) is 5.92 Å². The Labute approximate surface area is 125 Å². The Morgan fingerprint density at radius 1 is 1.60 bits per heavy atom. The number of aliphatic hydroxyl groups excluding tert-OH is 1. The largest absolute Gasteiger partial charge is 0.483 e. The summed E-state index contributed by atoms with van der Waals surface area (Å²) < 4.78 is 18.8. The fraction of sp³-hybridized carbons (Fsp3) is 0.500. The van der Waals surface area contributed by atoms with E-state index in [4.69, 9.17) is 4.74 Å². The lowest BCUT2D eigenvalue weighted by atomic mass is 9.97. The predicted molar refractivity (Wildman–Crippen MR) is 76.0 cm³/mol. The van der Waals surface area contributed by atoms with Crippen molar-refractivity contribution in [3.63, 3.8) is 0 Å². The molecule has 1 aromatic carbocycles. The van der Waals surface area contributed by atoms with Gasteiger partial charge in [-0.05, 0) is 46.5 Å². The molecule has 0 aromatic heterocycles. The molecule has 1 aromatic rings. The van der Waals surface area contributed by atoms with Gasteiger partial charge in [-0.25, -0.2) is 4.39 Å². The summed E-state index contributed by atoms with van der Waals surface area (Å²) >= 11 is 3.19. The number of aliphatic hydroxyl groups is 1. The molecule has 1 saturated heterocycles. The molecule has 1 heterocycles. The normalized spacial score (nSPS) is 22.7. The molecule has 1 aliphatic heterocycles. The Morgan fingerprint density at radius 3 is 3.00 bits per heavy atom. The van der Waals surface area contributed by atoms with Crippen molar-refractivity contribution in [1.29, 1.82) is 0 Å². The predicted octanol–water partition coefficient (Wildman–Crippen LogP) is 2.20. The van der Waals surface area contributed by atoms with Gasteiger partial charge in [-0.15, -0.1) is 0 Å². The number of hydrogen-bond donors (Lipinski definition) is 1.